The number of allylic oxidation sites excluding steroid dienone is 1. The number of rotatable bonds is 8. The summed E-state index contributed by atoms with van der Waals surface area (Å²) in [5.41, 5.74) is 7.14. The number of carbonyl (C=O) groups excluding carboxylic acids is 1. The number of hydrogen-bond donors (Lipinski definition) is 0. The highest BCUT2D eigenvalue weighted by Crippen LogP contribution is 2.31. The fourth-order valence-corrected chi connectivity index (χ4v) is 3.87. The Morgan fingerprint density at radius 1 is 0.964 bits per heavy atom. The first-order valence-corrected chi connectivity index (χ1v) is 10.4. The van der Waals surface area contributed by atoms with Crippen LogP contribution in [0.3, 0.4) is 0 Å². The summed E-state index contributed by atoms with van der Waals surface area (Å²) in [6.07, 6.45) is 12.6. The number of hydrogen-bond acceptors (Lipinski definition) is 2. The van der Waals surface area contributed by atoms with Gasteiger partial charge in [0.25, 0.3) is 0 Å². The smallest absolute Gasteiger partial charge is 0.330 e. The quantitative estimate of drug-likeness (QED) is 0.304. The molecule has 0 atom stereocenters. The van der Waals surface area contributed by atoms with Crippen LogP contribution in [0.4, 0.5) is 0 Å². The molecule has 0 unspecified atom stereocenters. The first-order valence-electron chi connectivity index (χ1n) is 10.4. The molecule has 0 N–H and O–H groups in total. The number of esters is 1. The van der Waals surface area contributed by atoms with Gasteiger partial charge in [-0.25, -0.2) is 4.79 Å². The van der Waals surface area contributed by atoms with Gasteiger partial charge in [-0.3, -0.25) is 0 Å². The molecule has 0 bridgehead atoms. The first kappa shape index (κ1) is 20.1. The van der Waals surface area contributed by atoms with E-state index in [4.69, 9.17) is 4.74 Å². The van der Waals surface area contributed by atoms with Crippen LogP contribution in [0.25, 0.3) is 11.6 Å². The normalized spacial score (nSPS) is 15.5. The molecule has 2 aromatic carbocycles. The molecular weight excluding hydrogens is 344 g/mol. The lowest BCUT2D eigenvalue weighted by Gasteiger charge is -2.18. The molecule has 0 amide bonds. The molecule has 0 aromatic heterocycles. The van der Waals surface area contributed by atoms with Gasteiger partial charge < -0.3 is 4.74 Å². The molecule has 0 saturated carbocycles. The highest BCUT2D eigenvalue weighted by atomic mass is 16.5. The van der Waals surface area contributed by atoms with Gasteiger partial charge in [-0.2, -0.15) is 0 Å². The Balaban J connectivity index is 1.70. The zero-order valence-electron chi connectivity index (χ0n) is 16.7. The number of benzene rings is 2. The number of unbranched alkanes of at least 4 members (excludes halogenated alkanes) is 2. The summed E-state index contributed by atoms with van der Waals surface area (Å²) in [7, 11) is 0. The second kappa shape index (κ2) is 10.7. The zero-order valence-corrected chi connectivity index (χ0v) is 16.7. The molecule has 28 heavy (non-hydrogen) atoms. The molecule has 0 spiro atoms. The Morgan fingerprint density at radius 2 is 1.79 bits per heavy atom. The van der Waals surface area contributed by atoms with E-state index in [9.17, 15) is 4.79 Å². The van der Waals surface area contributed by atoms with Crippen LogP contribution in [0.2, 0.25) is 0 Å². The molecule has 1 aliphatic carbocycles. The molecule has 2 nitrogen and oxygen atoms in total. The number of fused-ring (bicyclic) bond motifs is 1. The molecule has 1 aliphatic rings. The van der Waals surface area contributed by atoms with Crippen molar-refractivity contribution in [1.29, 1.82) is 0 Å². The maximum Gasteiger partial charge on any atom is 0.330 e. The van der Waals surface area contributed by atoms with Gasteiger partial charge in [-0.05, 0) is 79.2 Å². The lowest BCUT2D eigenvalue weighted by atomic mass is 9.87. The van der Waals surface area contributed by atoms with Crippen LogP contribution in [-0.4, -0.2) is 12.6 Å². The molecule has 2 heteroatoms. The summed E-state index contributed by atoms with van der Waals surface area (Å²) in [5.74, 6) is -0.331. The van der Waals surface area contributed by atoms with Crippen molar-refractivity contribution in [1.82, 2.24) is 0 Å². The molecule has 0 radical (unpaired) electrons. The zero-order chi connectivity index (χ0) is 19.6. The third-order valence-corrected chi connectivity index (χ3v) is 5.39. The van der Waals surface area contributed by atoms with Crippen LogP contribution >= 0.6 is 0 Å². The van der Waals surface area contributed by atoms with Gasteiger partial charge in [0.05, 0.1) is 6.61 Å². The minimum atomic E-state index is -0.331. The molecule has 0 heterocycles. The van der Waals surface area contributed by atoms with E-state index in [1.807, 2.05) is 0 Å². The van der Waals surface area contributed by atoms with Crippen molar-refractivity contribution >= 4 is 17.6 Å². The van der Waals surface area contributed by atoms with Crippen LogP contribution in [-0.2, 0) is 22.4 Å². The molecule has 0 aliphatic heterocycles. The summed E-state index contributed by atoms with van der Waals surface area (Å²) >= 11 is 0. The number of aryl methyl sites for hydroxylation is 2. The summed E-state index contributed by atoms with van der Waals surface area (Å²) < 4.78 is 5.06. The Bertz CT molecular complexity index is 818. The third kappa shape index (κ3) is 5.69. The van der Waals surface area contributed by atoms with E-state index in [0.29, 0.717) is 6.61 Å². The van der Waals surface area contributed by atoms with E-state index >= 15 is 0 Å². The lowest BCUT2D eigenvalue weighted by Crippen LogP contribution is -2.03. The first-order chi connectivity index (χ1) is 13.8. The summed E-state index contributed by atoms with van der Waals surface area (Å²) in [5, 5.41) is 0. The van der Waals surface area contributed by atoms with Gasteiger partial charge in [-0.1, -0.05) is 61.2 Å². The Labute approximate surface area is 168 Å². The van der Waals surface area contributed by atoms with Gasteiger partial charge in [0.1, 0.15) is 0 Å². The second-order valence-corrected chi connectivity index (χ2v) is 7.41. The number of ether oxygens (including phenoxy) is 1. The highest BCUT2D eigenvalue weighted by Gasteiger charge is 2.12. The molecule has 3 rings (SSSR count). The van der Waals surface area contributed by atoms with Crippen molar-refractivity contribution < 1.29 is 9.53 Å². The average molecular weight is 375 g/mol. The van der Waals surface area contributed by atoms with E-state index in [0.717, 1.165) is 32.1 Å². The van der Waals surface area contributed by atoms with Crippen LogP contribution in [0.1, 0.15) is 60.8 Å². The molecule has 146 valence electrons. The summed E-state index contributed by atoms with van der Waals surface area (Å²) in [4.78, 5) is 11.1. The van der Waals surface area contributed by atoms with Crippen LogP contribution < -0.4 is 0 Å². The SMILES string of the molecule is C=CC(=O)OCCCCCc1cccc2c1/C=C(/c1ccccc1)CCCC2. The van der Waals surface area contributed by atoms with Gasteiger partial charge in [0.2, 0.25) is 0 Å². The Hall–Kier alpha value is -2.61. The van der Waals surface area contributed by atoms with Crippen molar-refractivity contribution in [3.05, 3.63) is 83.4 Å². The fraction of sp³-hybridized carbons (Fsp3) is 0.346. The second-order valence-electron chi connectivity index (χ2n) is 7.41. The maximum absolute atomic E-state index is 11.1. The standard InChI is InChI=1S/C26H30O2/c1-2-26(27)28-19-10-4-7-14-22-17-11-18-23-15-8-9-16-24(20-25(22)23)21-12-5-3-6-13-21/h2-3,5-6,11-13,17-18,20H,1,4,7-10,14-16,19H2/b24-20+. The van der Waals surface area contributed by atoms with Gasteiger partial charge in [0.15, 0.2) is 0 Å². The fourth-order valence-electron chi connectivity index (χ4n) is 3.87. The van der Waals surface area contributed by atoms with Gasteiger partial charge in [0, 0.05) is 6.08 Å². The van der Waals surface area contributed by atoms with Crippen molar-refractivity contribution in [2.75, 3.05) is 6.61 Å². The van der Waals surface area contributed by atoms with Crippen LogP contribution in [0.15, 0.2) is 61.2 Å². The third-order valence-electron chi connectivity index (χ3n) is 5.39. The van der Waals surface area contributed by atoms with Crippen molar-refractivity contribution in [2.24, 2.45) is 0 Å². The minimum Gasteiger partial charge on any atom is -0.463 e. The molecule has 0 saturated heterocycles. The predicted octanol–water partition coefficient (Wildman–Crippen LogP) is 6.40. The van der Waals surface area contributed by atoms with Gasteiger partial charge >= 0.3 is 5.97 Å². The van der Waals surface area contributed by atoms with Gasteiger partial charge in [-0.15, -0.1) is 0 Å². The molecule has 2 aromatic rings. The lowest BCUT2D eigenvalue weighted by molar-refractivity contribution is -0.137. The van der Waals surface area contributed by atoms with Crippen molar-refractivity contribution in [3.8, 4) is 0 Å². The maximum atomic E-state index is 11.1. The van der Waals surface area contributed by atoms with E-state index in [1.165, 1.54) is 53.2 Å². The molecular formula is C26H30O2. The summed E-state index contributed by atoms with van der Waals surface area (Å²) in [6.45, 7) is 3.90. The van der Waals surface area contributed by atoms with Crippen molar-refractivity contribution in [3.63, 3.8) is 0 Å². The summed E-state index contributed by atoms with van der Waals surface area (Å²) in [6, 6.07) is 17.5. The Kier molecular flexibility index (Phi) is 7.66. The van der Waals surface area contributed by atoms with E-state index in [2.05, 4.69) is 61.2 Å². The Morgan fingerprint density at radius 3 is 2.61 bits per heavy atom. The highest BCUT2D eigenvalue weighted by molar-refractivity contribution is 5.83. The van der Waals surface area contributed by atoms with Crippen molar-refractivity contribution in [2.45, 2.75) is 51.4 Å². The largest absolute Gasteiger partial charge is 0.463 e. The van der Waals surface area contributed by atoms with Crippen LogP contribution in [0, 0.1) is 0 Å². The van der Waals surface area contributed by atoms with E-state index in [1.54, 1.807) is 0 Å². The number of carbonyl (C=O) groups is 1. The molecule has 0 fully saturated rings. The average Bonchev–Trinajstić information content (AvgIpc) is 2.71. The van der Waals surface area contributed by atoms with E-state index in [-0.39, 0.29) is 5.97 Å². The van der Waals surface area contributed by atoms with Crippen LogP contribution in [0.5, 0.6) is 0 Å². The van der Waals surface area contributed by atoms with E-state index < -0.39 is 0 Å². The predicted molar refractivity (Wildman–Crippen MR) is 117 cm³/mol. The minimum absolute atomic E-state index is 0.331. The monoisotopic (exact) mass is 374 g/mol. The topological polar surface area (TPSA) is 26.3 Å².